The van der Waals surface area contributed by atoms with Crippen molar-refractivity contribution in [2.24, 2.45) is 5.92 Å². The standard InChI is InChI=1S/C17H19ClN4O/c1-22-6-2-3-10(9-22)7-14-15-16(21-20-14)12-8-11(18)4-5-13(12)19-17(15)23/h4-5,8,10H,2-3,6-7,9H2,1H3,(H,19,23)(H,20,21). The van der Waals surface area contributed by atoms with Crippen LogP contribution in [0, 0.1) is 5.92 Å². The number of benzene rings is 1. The van der Waals surface area contributed by atoms with E-state index in [1.54, 1.807) is 6.07 Å². The summed E-state index contributed by atoms with van der Waals surface area (Å²) in [5, 5.41) is 9.71. The molecule has 3 aromatic rings. The van der Waals surface area contributed by atoms with Crippen molar-refractivity contribution in [1.29, 1.82) is 0 Å². The molecule has 1 aliphatic rings. The van der Waals surface area contributed by atoms with Crippen LogP contribution in [0.3, 0.4) is 0 Å². The predicted octanol–water partition coefficient (Wildman–Crippen LogP) is 2.94. The number of H-pyrrole nitrogens is 2. The summed E-state index contributed by atoms with van der Waals surface area (Å²) >= 11 is 6.10. The zero-order valence-corrected chi connectivity index (χ0v) is 13.8. The Bertz CT molecular complexity index is 929. The van der Waals surface area contributed by atoms with E-state index in [2.05, 4.69) is 27.1 Å². The number of piperidine rings is 1. The normalized spacial score (nSPS) is 19.7. The van der Waals surface area contributed by atoms with Crippen LogP contribution in [-0.4, -0.2) is 40.2 Å². The van der Waals surface area contributed by atoms with Gasteiger partial charge in [-0.25, -0.2) is 0 Å². The Kier molecular flexibility index (Phi) is 3.62. The molecule has 1 atom stereocenters. The summed E-state index contributed by atoms with van der Waals surface area (Å²) in [6, 6.07) is 5.45. The highest BCUT2D eigenvalue weighted by Crippen LogP contribution is 2.27. The van der Waals surface area contributed by atoms with Crippen LogP contribution in [0.2, 0.25) is 5.02 Å². The van der Waals surface area contributed by atoms with Crippen molar-refractivity contribution in [1.82, 2.24) is 20.1 Å². The third-order valence-corrected chi connectivity index (χ3v) is 5.00. The highest BCUT2D eigenvalue weighted by atomic mass is 35.5. The molecular formula is C17H19ClN4O. The molecule has 2 aromatic heterocycles. The van der Waals surface area contributed by atoms with Gasteiger partial charge < -0.3 is 9.88 Å². The van der Waals surface area contributed by atoms with Crippen LogP contribution in [0.4, 0.5) is 0 Å². The molecule has 2 N–H and O–H groups in total. The molecule has 0 saturated carbocycles. The van der Waals surface area contributed by atoms with E-state index in [-0.39, 0.29) is 5.56 Å². The van der Waals surface area contributed by atoms with E-state index >= 15 is 0 Å². The third kappa shape index (κ3) is 2.64. The Balaban J connectivity index is 1.81. The summed E-state index contributed by atoms with van der Waals surface area (Å²) in [6.45, 7) is 2.22. The topological polar surface area (TPSA) is 64.8 Å². The summed E-state index contributed by atoms with van der Waals surface area (Å²) in [6.07, 6.45) is 3.26. The molecule has 1 aliphatic heterocycles. The summed E-state index contributed by atoms with van der Waals surface area (Å²) in [5.41, 5.74) is 2.33. The van der Waals surface area contributed by atoms with Gasteiger partial charge in [0, 0.05) is 22.6 Å². The fourth-order valence-corrected chi connectivity index (χ4v) is 3.87. The summed E-state index contributed by atoms with van der Waals surface area (Å²) < 4.78 is 0. The molecule has 0 aliphatic carbocycles. The van der Waals surface area contributed by atoms with Gasteiger partial charge in [0.2, 0.25) is 0 Å². The fraction of sp³-hybridized carbons (Fsp3) is 0.412. The number of nitrogens with one attached hydrogen (secondary N) is 2. The van der Waals surface area contributed by atoms with Crippen molar-refractivity contribution in [3.63, 3.8) is 0 Å². The number of aromatic nitrogens is 3. The summed E-state index contributed by atoms with van der Waals surface area (Å²) in [7, 11) is 2.15. The van der Waals surface area contributed by atoms with Crippen molar-refractivity contribution < 1.29 is 0 Å². The highest BCUT2D eigenvalue weighted by Gasteiger charge is 2.21. The number of hydrogen-bond acceptors (Lipinski definition) is 3. The second-order valence-corrected chi connectivity index (χ2v) is 6.98. The third-order valence-electron chi connectivity index (χ3n) is 4.77. The number of likely N-dealkylation sites (tertiary alicyclic amines) is 1. The minimum Gasteiger partial charge on any atom is -0.321 e. The van der Waals surface area contributed by atoms with Crippen LogP contribution in [-0.2, 0) is 6.42 Å². The number of pyridine rings is 1. The molecule has 4 rings (SSSR count). The van der Waals surface area contributed by atoms with E-state index in [1.807, 2.05) is 12.1 Å². The van der Waals surface area contributed by atoms with Gasteiger partial charge in [0.15, 0.2) is 0 Å². The average Bonchev–Trinajstić information content (AvgIpc) is 2.93. The lowest BCUT2D eigenvalue weighted by atomic mass is 9.93. The minimum atomic E-state index is -0.0808. The number of nitrogens with zero attached hydrogens (tertiary/aromatic N) is 2. The van der Waals surface area contributed by atoms with E-state index < -0.39 is 0 Å². The first kappa shape index (κ1) is 14.7. The molecule has 1 unspecified atom stereocenters. The van der Waals surface area contributed by atoms with E-state index in [0.29, 0.717) is 21.8 Å². The molecule has 6 heteroatoms. The first-order valence-electron chi connectivity index (χ1n) is 7.99. The number of hydrogen-bond donors (Lipinski definition) is 2. The van der Waals surface area contributed by atoms with Crippen molar-refractivity contribution in [3.05, 3.63) is 39.3 Å². The Morgan fingerprint density at radius 1 is 1.43 bits per heavy atom. The molecule has 0 spiro atoms. The summed E-state index contributed by atoms with van der Waals surface area (Å²) in [5.74, 6) is 0.562. The van der Waals surface area contributed by atoms with Crippen molar-refractivity contribution in [3.8, 4) is 0 Å². The molecule has 0 amide bonds. The molecule has 0 radical (unpaired) electrons. The Labute approximate surface area is 138 Å². The van der Waals surface area contributed by atoms with E-state index in [9.17, 15) is 4.79 Å². The quantitative estimate of drug-likeness (QED) is 0.759. The second kappa shape index (κ2) is 5.65. The molecule has 120 valence electrons. The van der Waals surface area contributed by atoms with Crippen molar-refractivity contribution >= 4 is 33.4 Å². The second-order valence-electron chi connectivity index (χ2n) is 6.54. The molecular weight excluding hydrogens is 312 g/mol. The Morgan fingerprint density at radius 3 is 3.13 bits per heavy atom. The van der Waals surface area contributed by atoms with E-state index in [4.69, 9.17) is 11.6 Å². The van der Waals surface area contributed by atoms with Crippen molar-refractivity contribution in [2.75, 3.05) is 20.1 Å². The van der Waals surface area contributed by atoms with Gasteiger partial charge in [0.25, 0.3) is 5.56 Å². The maximum Gasteiger partial charge on any atom is 0.259 e. The maximum absolute atomic E-state index is 12.5. The van der Waals surface area contributed by atoms with Gasteiger partial charge in [0.05, 0.1) is 10.9 Å². The van der Waals surface area contributed by atoms with E-state index in [0.717, 1.165) is 36.1 Å². The molecule has 23 heavy (non-hydrogen) atoms. The molecule has 1 fully saturated rings. The van der Waals surface area contributed by atoms with Gasteiger partial charge in [0.1, 0.15) is 5.52 Å². The highest BCUT2D eigenvalue weighted by molar-refractivity contribution is 6.31. The van der Waals surface area contributed by atoms with Gasteiger partial charge >= 0.3 is 0 Å². The number of halogens is 1. The largest absolute Gasteiger partial charge is 0.321 e. The first-order chi connectivity index (χ1) is 11.1. The SMILES string of the molecule is CN1CCCC(Cc2[nH]nc3c2c(=O)[nH]c2ccc(Cl)cc23)C1. The predicted molar refractivity (Wildman–Crippen MR) is 93.2 cm³/mol. The zero-order chi connectivity index (χ0) is 16.0. The number of rotatable bonds is 2. The van der Waals surface area contributed by atoms with Gasteiger partial charge in [-0.1, -0.05) is 11.6 Å². The fourth-order valence-electron chi connectivity index (χ4n) is 3.70. The summed E-state index contributed by atoms with van der Waals surface area (Å²) in [4.78, 5) is 17.8. The van der Waals surface area contributed by atoms with Gasteiger partial charge in [-0.15, -0.1) is 0 Å². The van der Waals surface area contributed by atoms with Crippen LogP contribution in [0.1, 0.15) is 18.5 Å². The number of fused-ring (bicyclic) bond motifs is 3. The lowest BCUT2D eigenvalue weighted by molar-refractivity contribution is 0.208. The monoisotopic (exact) mass is 330 g/mol. The maximum atomic E-state index is 12.5. The van der Waals surface area contributed by atoms with Crippen molar-refractivity contribution in [2.45, 2.75) is 19.3 Å². The average molecular weight is 331 g/mol. The zero-order valence-electron chi connectivity index (χ0n) is 13.0. The lowest BCUT2D eigenvalue weighted by Crippen LogP contribution is -2.33. The molecule has 3 heterocycles. The van der Waals surface area contributed by atoms with Crippen LogP contribution in [0.5, 0.6) is 0 Å². The van der Waals surface area contributed by atoms with Gasteiger partial charge in [-0.05, 0) is 57.0 Å². The molecule has 1 aromatic carbocycles. The number of aromatic amines is 2. The lowest BCUT2D eigenvalue weighted by Gasteiger charge is -2.29. The van der Waals surface area contributed by atoms with Crippen LogP contribution in [0.25, 0.3) is 21.8 Å². The van der Waals surface area contributed by atoms with Crippen LogP contribution in [0.15, 0.2) is 23.0 Å². The van der Waals surface area contributed by atoms with Gasteiger partial charge in [-0.3, -0.25) is 9.89 Å². The smallest absolute Gasteiger partial charge is 0.259 e. The Morgan fingerprint density at radius 2 is 2.30 bits per heavy atom. The van der Waals surface area contributed by atoms with Crippen LogP contribution < -0.4 is 5.56 Å². The van der Waals surface area contributed by atoms with Gasteiger partial charge in [-0.2, -0.15) is 5.10 Å². The first-order valence-corrected chi connectivity index (χ1v) is 8.36. The molecule has 5 nitrogen and oxygen atoms in total. The Hall–Kier alpha value is -1.85. The minimum absolute atomic E-state index is 0.0808. The molecule has 1 saturated heterocycles. The van der Waals surface area contributed by atoms with Crippen LogP contribution >= 0.6 is 11.6 Å². The van der Waals surface area contributed by atoms with E-state index in [1.165, 1.54) is 12.8 Å². The molecule has 0 bridgehead atoms.